The second kappa shape index (κ2) is 5.74. The quantitative estimate of drug-likeness (QED) is 0.876. The van der Waals surface area contributed by atoms with E-state index in [0.717, 1.165) is 11.4 Å². The van der Waals surface area contributed by atoms with Gasteiger partial charge in [0.1, 0.15) is 11.5 Å². The smallest absolute Gasteiger partial charge is 0.143 e. The Bertz CT molecular complexity index is 603. The summed E-state index contributed by atoms with van der Waals surface area (Å²) in [7, 11) is 1.56. The third-order valence-electron chi connectivity index (χ3n) is 2.60. The molecule has 2 aromatic rings. The lowest BCUT2D eigenvalue weighted by Gasteiger charge is -2.11. The van der Waals surface area contributed by atoms with Crippen molar-refractivity contribution in [2.24, 2.45) is 0 Å². The Hall–Kier alpha value is -2.74. The molecule has 0 aliphatic rings. The molecule has 0 amide bonds. The summed E-state index contributed by atoms with van der Waals surface area (Å²) in [5, 5.41) is 21.1. The molecular formula is C14H13N3O2. The molecule has 2 N–H and O–H groups in total. The Morgan fingerprint density at radius 2 is 2.21 bits per heavy atom. The summed E-state index contributed by atoms with van der Waals surface area (Å²) in [5.41, 5.74) is 2.13. The molecule has 0 aliphatic heterocycles. The van der Waals surface area contributed by atoms with Crippen LogP contribution >= 0.6 is 0 Å². The second-order valence-corrected chi connectivity index (χ2v) is 3.89. The lowest BCUT2D eigenvalue weighted by Crippen LogP contribution is -2.03. The molecule has 2 rings (SSSR count). The van der Waals surface area contributed by atoms with Crippen molar-refractivity contribution in [2.75, 3.05) is 12.4 Å². The summed E-state index contributed by atoms with van der Waals surface area (Å²) in [5.74, 6) is 0.748. The van der Waals surface area contributed by atoms with E-state index in [0.29, 0.717) is 17.9 Å². The second-order valence-electron chi connectivity index (χ2n) is 3.89. The Kier molecular flexibility index (Phi) is 3.84. The third kappa shape index (κ3) is 3.13. The lowest BCUT2D eigenvalue weighted by molar-refractivity contribution is 0.416. The van der Waals surface area contributed by atoms with Gasteiger partial charge in [-0.05, 0) is 24.3 Å². The first-order valence-electron chi connectivity index (χ1n) is 5.69. The Balaban J connectivity index is 2.11. The molecule has 0 saturated heterocycles. The third-order valence-corrected chi connectivity index (χ3v) is 2.60. The van der Waals surface area contributed by atoms with Crippen molar-refractivity contribution in [3.05, 3.63) is 47.8 Å². The fraction of sp³-hybridized carbons (Fsp3) is 0.143. The normalized spacial score (nSPS) is 9.68. The summed E-state index contributed by atoms with van der Waals surface area (Å²) < 4.78 is 5.22. The number of hydrogen-bond acceptors (Lipinski definition) is 5. The van der Waals surface area contributed by atoms with E-state index in [1.165, 1.54) is 6.20 Å². The molecule has 0 spiro atoms. The molecule has 0 radical (unpaired) electrons. The van der Waals surface area contributed by atoms with Gasteiger partial charge in [0.25, 0.3) is 0 Å². The van der Waals surface area contributed by atoms with Crippen LogP contribution < -0.4 is 10.1 Å². The number of ether oxygens (including phenoxy) is 1. The number of anilines is 1. The maximum absolute atomic E-state index is 9.15. The average Bonchev–Trinajstić information content (AvgIpc) is 2.46. The molecule has 0 aliphatic carbocycles. The van der Waals surface area contributed by atoms with Crippen molar-refractivity contribution in [1.29, 1.82) is 5.26 Å². The zero-order valence-corrected chi connectivity index (χ0v) is 10.4. The Morgan fingerprint density at radius 3 is 2.84 bits per heavy atom. The van der Waals surface area contributed by atoms with E-state index >= 15 is 0 Å². The van der Waals surface area contributed by atoms with Crippen molar-refractivity contribution in [2.45, 2.75) is 6.54 Å². The summed E-state index contributed by atoms with van der Waals surface area (Å²) in [6.45, 7) is 0.503. The molecule has 0 fully saturated rings. The van der Waals surface area contributed by atoms with Crippen molar-refractivity contribution < 1.29 is 9.84 Å². The zero-order valence-electron chi connectivity index (χ0n) is 10.4. The molecule has 1 aromatic heterocycles. The van der Waals surface area contributed by atoms with Crippen LogP contribution in [-0.4, -0.2) is 17.2 Å². The molecule has 0 bridgehead atoms. The fourth-order valence-electron chi connectivity index (χ4n) is 1.61. The minimum absolute atomic E-state index is 0.139. The minimum Gasteiger partial charge on any atom is -0.506 e. The van der Waals surface area contributed by atoms with Gasteiger partial charge in [0.15, 0.2) is 0 Å². The zero-order chi connectivity index (χ0) is 13.7. The lowest BCUT2D eigenvalue weighted by atomic mass is 10.2. The van der Waals surface area contributed by atoms with Gasteiger partial charge >= 0.3 is 0 Å². The number of nitriles is 1. The maximum atomic E-state index is 9.15. The largest absolute Gasteiger partial charge is 0.506 e. The van der Waals surface area contributed by atoms with Crippen molar-refractivity contribution in [1.82, 2.24) is 4.98 Å². The van der Waals surface area contributed by atoms with Gasteiger partial charge in [-0.3, -0.25) is 4.98 Å². The van der Waals surface area contributed by atoms with Crippen LogP contribution in [0.25, 0.3) is 0 Å². The van der Waals surface area contributed by atoms with Crippen molar-refractivity contribution in [3.8, 4) is 17.6 Å². The molecule has 5 heteroatoms. The highest BCUT2D eigenvalue weighted by Gasteiger charge is 2.04. The van der Waals surface area contributed by atoms with E-state index in [4.69, 9.17) is 15.1 Å². The average molecular weight is 255 g/mol. The van der Waals surface area contributed by atoms with Gasteiger partial charge in [0, 0.05) is 6.07 Å². The van der Waals surface area contributed by atoms with Crippen LogP contribution in [0.5, 0.6) is 11.5 Å². The number of rotatable bonds is 4. The van der Waals surface area contributed by atoms with E-state index in [2.05, 4.69) is 16.4 Å². The molecule has 5 nitrogen and oxygen atoms in total. The van der Waals surface area contributed by atoms with E-state index < -0.39 is 0 Å². The van der Waals surface area contributed by atoms with Crippen LogP contribution in [-0.2, 0) is 6.54 Å². The fourth-order valence-corrected chi connectivity index (χ4v) is 1.61. The van der Waals surface area contributed by atoms with Gasteiger partial charge in [0.05, 0.1) is 42.9 Å². The summed E-state index contributed by atoms with van der Waals surface area (Å²) in [4.78, 5) is 4.08. The van der Waals surface area contributed by atoms with E-state index in [9.17, 15) is 0 Å². The number of benzene rings is 1. The summed E-state index contributed by atoms with van der Waals surface area (Å²) in [6.07, 6.45) is 1.40. The number of aromatic hydroxyl groups is 1. The Labute approximate surface area is 111 Å². The van der Waals surface area contributed by atoms with E-state index in [-0.39, 0.29) is 5.75 Å². The summed E-state index contributed by atoms with van der Waals surface area (Å²) in [6, 6.07) is 10.6. The minimum atomic E-state index is 0.139. The van der Waals surface area contributed by atoms with Gasteiger partial charge in [-0.15, -0.1) is 0 Å². The van der Waals surface area contributed by atoms with Gasteiger partial charge in [-0.25, -0.2) is 0 Å². The molecule has 0 unspecified atom stereocenters. The molecular weight excluding hydrogens is 242 g/mol. The van der Waals surface area contributed by atoms with Crippen LogP contribution in [0.1, 0.15) is 11.3 Å². The molecule has 1 aromatic carbocycles. The molecule has 1 heterocycles. The van der Waals surface area contributed by atoms with Crippen molar-refractivity contribution >= 4 is 5.69 Å². The van der Waals surface area contributed by atoms with E-state index in [1.807, 2.05) is 0 Å². The monoisotopic (exact) mass is 255 g/mol. The molecule has 0 atom stereocenters. The number of nitrogens with zero attached hydrogens (tertiary/aromatic N) is 2. The maximum Gasteiger partial charge on any atom is 0.143 e. The van der Waals surface area contributed by atoms with Gasteiger partial charge in [0.2, 0.25) is 0 Å². The van der Waals surface area contributed by atoms with Gasteiger partial charge < -0.3 is 15.2 Å². The highest BCUT2D eigenvalue weighted by molar-refractivity contribution is 5.59. The molecule has 19 heavy (non-hydrogen) atoms. The predicted octanol–water partition coefficient (Wildman–Crippen LogP) is 2.28. The number of pyridine rings is 1. The first-order valence-corrected chi connectivity index (χ1v) is 5.69. The topological polar surface area (TPSA) is 78.2 Å². The molecule has 96 valence electrons. The number of aromatic nitrogens is 1. The first kappa shape index (κ1) is 12.7. The first-order chi connectivity index (χ1) is 9.22. The standard InChI is InChI=1S/C14H13N3O2/c1-19-14-6-10(7-15)2-5-13(14)17-8-11-3-4-12(18)9-16-11/h2-6,9,17-18H,8H2,1H3. The van der Waals surface area contributed by atoms with Crippen LogP contribution in [0.15, 0.2) is 36.5 Å². The number of methoxy groups -OCH3 is 1. The van der Waals surface area contributed by atoms with Gasteiger partial charge in [-0.1, -0.05) is 0 Å². The van der Waals surface area contributed by atoms with Crippen molar-refractivity contribution in [3.63, 3.8) is 0 Å². The number of hydrogen-bond donors (Lipinski definition) is 2. The SMILES string of the molecule is COc1cc(C#N)ccc1NCc1ccc(O)cn1. The van der Waals surface area contributed by atoms with Gasteiger partial charge in [-0.2, -0.15) is 5.26 Å². The van der Waals surface area contributed by atoms with Crippen LogP contribution in [0.3, 0.4) is 0 Å². The Morgan fingerprint density at radius 1 is 1.37 bits per heavy atom. The predicted molar refractivity (Wildman–Crippen MR) is 70.9 cm³/mol. The van der Waals surface area contributed by atoms with Crippen LogP contribution in [0.2, 0.25) is 0 Å². The highest BCUT2D eigenvalue weighted by atomic mass is 16.5. The highest BCUT2D eigenvalue weighted by Crippen LogP contribution is 2.25. The van der Waals surface area contributed by atoms with Crippen LogP contribution in [0, 0.1) is 11.3 Å². The van der Waals surface area contributed by atoms with E-state index in [1.54, 1.807) is 37.4 Å². The number of nitrogens with one attached hydrogen (secondary N) is 1. The molecule has 0 saturated carbocycles. The summed E-state index contributed by atoms with van der Waals surface area (Å²) >= 11 is 0. The van der Waals surface area contributed by atoms with Crippen LogP contribution in [0.4, 0.5) is 5.69 Å².